The average Bonchev–Trinajstić information content (AvgIpc) is 3.25. The van der Waals surface area contributed by atoms with Crippen LogP contribution < -0.4 is 5.32 Å². The van der Waals surface area contributed by atoms with Crippen LogP contribution in [0, 0.1) is 5.92 Å². The van der Waals surface area contributed by atoms with E-state index in [1.165, 1.54) is 0 Å². The van der Waals surface area contributed by atoms with Gasteiger partial charge < -0.3 is 14.9 Å². The molecule has 1 fully saturated rings. The molecule has 1 aliphatic rings. The fourth-order valence-corrected chi connectivity index (χ4v) is 3.67. The highest BCUT2D eigenvalue weighted by Crippen LogP contribution is 2.30. The van der Waals surface area contributed by atoms with Crippen LogP contribution in [0.25, 0.3) is 22.7 Å². The number of nitrogens with one attached hydrogen (secondary N) is 1. The van der Waals surface area contributed by atoms with Gasteiger partial charge in [0.15, 0.2) is 17.1 Å². The van der Waals surface area contributed by atoms with Crippen LogP contribution in [0.15, 0.2) is 41.2 Å². The molecule has 0 saturated heterocycles. The number of fused-ring (bicyclic) bond motifs is 2. The molecule has 0 bridgehead atoms. The topological polar surface area (TPSA) is 149 Å². The highest BCUT2D eigenvalue weighted by atomic mass is 16.5. The van der Waals surface area contributed by atoms with E-state index < -0.39 is 0 Å². The molecule has 12 heteroatoms. The number of carbonyl (C=O) groups is 1. The van der Waals surface area contributed by atoms with Gasteiger partial charge in [0, 0.05) is 17.7 Å². The van der Waals surface area contributed by atoms with Gasteiger partial charge in [0.2, 0.25) is 11.7 Å². The van der Waals surface area contributed by atoms with Crippen LogP contribution in [0.3, 0.4) is 0 Å². The minimum absolute atomic E-state index is 0.00504. The van der Waals surface area contributed by atoms with Gasteiger partial charge in [-0.05, 0) is 44.0 Å². The number of nitrogens with zero attached hydrogens (tertiary/aromatic N) is 8. The average molecular weight is 445 g/mol. The number of aromatic nitrogens is 8. The van der Waals surface area contributed by atoms with E-state index in [0.717, 1.165) is 18.5 Å². The molecule has 1 amide bonds. The molecule has 0 aromatic carbocycles. The summed E-state index contributed by atoms with van der Waals surface area (Å²) >= 11 is 0. The standard InChI is InChI=1S/C21H19N9O3/c1-11(14-5-7-16-22-15(9-30(16)27-14)23-21(32)12-2-3-12)20-26-25-17-6-4-13(8-29(17)20)19-24-18(10-31)33-28-19/h4-9,11-12,31H,2-3,10H2,1H3,(H,23,32). The normalized spacial score (nSPS) is 14.7. The van der Waals surface area contributed by atoms with Crippen LogP contribution in [0.5, 0.6) is 0 Å². The number of amides is 1. The number of rotatable bonds is 6. The van der Waals surface area contributed by atoms with Crippen LogP contribution in [-0.4, -0.2) is 50.4 Å². The molecule has 12 nitrogen and oxygen atoms in total. The third-order valence-corrected chi connectivity index (χ3v) is 5.66. The molecule has 1 saturated carbocycles. The largest absolute Gasteiger partial charge is 0.387 e. The molecule has 6 rings (SSSR count). The Hall–Kier alpha value is -4.19. The zero-order chi connectivity index (χ0) is 22.5. The van der Waals surface area contributed by atoms with Crippen molar-refractivity contribution in [3.63, 3.8) is 0 Å². The van der Waals surface area contributed by atoms with Gasteiger partial charge in [-0.25, -0.2) is 9.50 Å². The Morgan fingerprint density at radius 2 is 2.03 bits per heavy atom. The number of hydrogen-bond acceptors (Lipinski definition) is 9. The second-order valence-corrected chi connectivity index (χ2v) is 8.05. The van der Waals surface area contributed by atoms with Crippen molar-refractivity contribution in [1.82, 2.24) is 39.3 Å². The van der Waals surface area contributed by atoms with Crippen molar-refractivity contribution in [2.24, 2.45) is 5.92 Å². The summed E-state index contributed by atoms with van der Waals surface area (Å²) in [5.74, 6) is 1.61. The summed E-state index contributed by atoms with van der Waals surface area (Å²) in [6, 6.07) is 7.37. The molecule has 0 aliphatic heterocycles. The monoisotopic (exact) mass is 445 g/mol. The van der Waals surface area contributed by atoms with Crippen molar-refractivity contribution in [2.75, 3.05) is 5.32 Å². The van der Waals surface area contributed by atoms with Crippen LogP contribution in [0.4, 0.5) is 5.82 Å². The Morgan fingerprint density at radius 1 is 1.18 bits per heavy atom. The first-order chi connectivity index (χ1) is 16.1. The van der Waals surface area contributed by atoms with Gasteiger partial charge in [-0.15, -0.1) is 10.2 Å². The quantitative estimate of drug-likeness (QED) is 0.399. The first-order valence-electron chi connectivity index (χ1n) is 10.5. The number of aliphatic hydroxyl groups is 1. The Morgan fingerprint density at radius 3 is 2.82 bits per heavy atom. The minimum atomic E-state index is -0.321. The molecule has 0 spiro atoms. The number of pyridine rings is 1. The van der Waals surface area contributed by atoms with Crippen LogP contribution in [0.2, 0.25) is 0 Å². The number of anilines is 1. The SMILES string of the molecule is CC(c1ccc2nc(NC(=O)C3CC3)cn2n1)c1nnc2ccc(-c3noc(CO)n3)cn12. The van der Waals surface area contributed by atoms with Crippen molar-refractivity contribution in [3.8, 4) is 11.4 Å². The van der Waals surface area contributed by atoms with Gasteiger partial charge in [0.1, 0.15) is 12.4 Å². The van der Waals surface area contributed by atoms with E-state index in [-0.39, 0.29) is 30.2 Å². The van der Waals surface area contributed by atoms with Gasteiger partial charge in [0.05, 0.1) is 17.8 Å². The molecule has 5 aromatic rings. The highest BCUT2D eigenvalue weighted by molar-refractivity contribution is 5.93. The van der Waals surface area contributed by atoms with Gasteiger partial charge in [0.25, 0.3) is 5.89 Å². The number of hydrogen-bond donors (Lipinski definition) is 2. The molecule has 2 N–H and O–H groups in total. The number of imidazole rings is 1. The summed E-state index contributed by atoms with van der Waals surface area (Å²) in [5, 5.41) is 29.2. The molecule has 1 aliphatic carbocycles. The maximum Gasteiger partial charge on any atom is 0.252 e. The summed E-state index contributed by atoms with van der Waals surface area (Å²) in [7, 11) is 0. The molecule has 1 atom stereocenters. The Bertz CT molecular complexity index is 1500. The smallest absolute Gasteiger partial charge is 0.252 e. The van der Waals surface area contributed by atoms with Crippen molar-refractivity contribution in [1.29, 1.82) is 0 Å². The van der Waals surface area contributed by atoms with E-state index in [1.807, 2.05) is 41.8 Å². The van der Waals surface area contributed by atoms with Crippen molar-refractivity contribution in [2.45, 2.75) is 32.3 Å². The van der Waals surface area contributed by atoms with Gasteiger partial charge in [-0.1, -0.05) is 5.16 Å². The summed E-state index contributed by atoms with van der Waals surface area (Å²) in [4.78, 5) is 20.6. The minimum Gasteiger partial charge on any atom is -0.387 e. The maximum atomic E-state index is 12.0. The fourth-order valence-electron chi connectivity index (χ4n) is 3.67. The Labute approximate surface area is 186 Å². The Kier molecular flexibility index (Phi) is 4.40. The van der Waals surface area contributed by atoms with Crippen molar-refractivity contribution >= 4 is 23.0 Å². The Balaban J connectivity index is 1.32. The van der Waals surface area contributed by atoms with E-state index in [0.29, 0.717) is 34.3 Å². The van der Waals surface area contributed by atoms with Gasteiger partial charge in [-0.2, -0.15) is 10.1 Å². The van der Waals surface area contributed by atoms with E-state index >= 15 is 0 Å². The van der Waals surface area contributed by atoms with Crippen LogP contribution in [0.1, 0.15) is 43.1 Å². The third-order valence-electron chi connectivity index (χ3n) is 5.66. The van der Waals surface area contributed by atoms with E-state index in [1.54, 1.807) is 10.7 Å². The van der Waals surface area contributed by atoms with Crippen LogP contribution in [-0.2, 0) is 11.4 Å². The lowest BCUT2D eigenvalue weighted by atomic mass is 10.1. The lowest BCUT2D eigenvalue weighted by molar-refractivity contribution is -0.117. The van der Waals surface area contributed by atoms with E-state index in [4.69, 9.17) is 4.52 Å². The van der Waals surface area contributed by atoms with Gasteiger partial charge >= 0.3 is 0 Å². The lowest BCUT2D eigenvalue weighted by Gasteiger charge is -2.10. The lowest BCUT2D eigenvalue weighted by Crippen LogP contribution is -2.13. The fraction of sp³-hybridized carbons (Fsp3) is 0.286. The van der Waals surface area contributed by atoms with Crippen molar-refractivity contribution in [3.05, 3.63) is 54.1 Å². The molecule has 5 heterocycles. The van der Waals surface area contributed by atoms with Gasteiger partial charge in [-0.3, -0.25) is 9.20 Å². The highest BCUT2D eigenvalue weighted by Gasteiger charge is 2.30. The second kappa shape index (κ2) is 7.45. The molecule has 166 valence electrons. The summed E-state index contributed by atoms with van der Waals surface area (Å²) in [5.41, 5.74) is 2.78. The predicted octanol–water partition coefficient (Wildman–Crippen LogP) is 1.81. The summed E-state index contributed by atoms with van der Waals surface area (Å²) in [6.07, 6.45) is 5.40. The number of carbonyl (C=O) groups excluding carboxylic acids is 1. The second-order valence-electron chi connectivity index (χ2n) is 8.05. The molecular weight excluding hydrogens is 426 g/mol. The zero-order valence-corrected chi connectivity index (χ0v) is 17.6. The zero-order valence-electron chi connectivity index (χ0n) is 17.6. The summed E-state index contributed by atoms with van der Waals surface area (Å²) < 4.78 is 8.50. The number of aliphatic hydroxyl groups excluding tert-OH is 1. The van der Waals surface area contributed by atoms with Crippen molar-refractivity contribution < 1.29 is 14.4 Å². The predicted molar refractivity (Wildman–Crippen MR) is 114 cm³/mol. The third kappa shape index (κ3) is 3.49. The van der Waals surface area contributed by atoms with E-state index in [9.17, 15) is 9.90 Å². The molecule has 1 unspecified atom stereocenters. The first-order valence-corrected chi connectivity index (χ1v) is 10.5. The molecular formula is C21H19N9O3. The van der Waals surface area contributed by atoms with Crippen LogP contribution >= 0.6 is 0 Å². The summed E-state index contributed by atoms with van der Waals surface area (Å²) in [6.45, 7) is 1.67. The molecule has 33 heavy (non-hydrogen) atoms. The van der Waals surface area contributed by atoms with E-state index in [2.05, 4.69) is 35.7 Å². The molecule has 0 radical (unpaired) electrons. The first kappa shape index (κ1) is 19.5. The maximum absolute atomic E-state index is 12.0. The molecule has 5 aromatic heterocycles.